The summed E-state index contributed by atoms with van der Waals surface area (Å²) in [5.74, 6) is 0.376. The van der Waals surface area contributed by atoms with Gasteiger partial charge >= 0.3 is 5.97 Å². The highest BCUT2D eigenvalue weighted by molar-refractivity contribution is 5.88. The van der Waals surface area contributed by atoms with Gasteiger partial charge in [0, 0.05) is 17.7 Å². The molecule has 0 saturated heterocycles. The molecule has 0 aliphatic rings. The Morgan fingerprint density at radius 3 is 2.64 bits per heavy atom. The van der Waals surface area contributed by atoms with Crippen molar-refractivity contribution in [2.75, 3.05) is 0 Å². The topological polar surface area (TPSA) is 79.3 Å². The predicted octanol–water partition coefficient (Wildman–Crippen LogP) is 2.33. The largest absolute Gasteiger partial charge is 0.619 e. The molecule has 0 atom stereocenters. The van der Waals surface area contributed by atoms with Gasteiger partial charge in [0.2, 0.25) is 5.89 Å². The van der Waals surface area contributed by atoms with Gasteiger partial charge in [-0.05, 0) is 0 Å². The summed E-state index contributed by atoms with van der Waals surface area (Å²) in [4.78, 5) is 15.9. The molecule has 22 heavy (non-hydrogen) atoms. The van der Waals surface area contributed by atoms with Crippen LogP contribution in [0, 0.1) is 5.21 Å². The molecule has 0 aliphatic carbocycles. The Morgan fingerprint density at radius 2 is 1.91 bits per heavy atom. The first-order chi connectivity index (χ1) is 10.7. The number of nitrogens with zero attached hydrogens (tertiary/aromatic N) is 2. The molecule has 0 spiro atoms. The summed E-state index contributed by atoms with van der Waals surface area (Å²) < 4.78 is 11.2. The lowest BCUT2D eigenvalue weighted by Gasteiger charge is -2.02. The van der Waals surface area contributed by atoms with Gasteiger partial charge in [0.25, 0.3) is 0 Å². The van der Waals surface area contributed by atoms with Crippen LogP contribution in [0.3, 0.4) is 0 Å². The van der Waals surface area contributed by atoms with Gasteiger partial charge in [0.15, 0.2) is 24.8 Å². The summed E-state index contributed by atoms with van der Waals surface area (Å²) >= 11 is 0. The molecule has 0 saturated carbocycles. The maximum absolute atomic E-state index is 11.8. The van der Waals surface area contributed by atoms with E-state index in [1.54, 1.807) is 6.20 Å². The Balaban J connectivity index is 1.64. The fourth-order valence-electron chi connectivity index (χ4n) is 1.87. The molecular formula is C16H12N2O4. The first-order valence-electron chi connectivity index (χ1n) is 6.58. The van der Waals surface area contributed by atoms with Crippen molar-refractivity contribution in [3.05, 3.63) is 77.7 Å². The van der Waals surface area contributed by atoms with Gasteiger partial charge in [0.1, 0.15) is 0 Å². The van der Waals surface area contributed by atoms with Crippen molar-refractivity contribution in [2.24, 2.45) is 0 Å². The van der Waals surface area contributed by atoms with Crippen LogP contribution in [0.5, 0.6) is 0 Å². The molecule has 0 radical (unpaired) electrons. The van der Waals surface area contributed by atoms with Crippen LogP contribution < -0.4 is 4.73 Å². The molecule has 3 aromatic rings. The minimum Gasteiger partial charge on any atom is -0.619 e. The number of carbonyl (C=O) groups is 1. The summed E-state index contributed by atoms with van der Waals surface area (Å²) in [5, 5.41) is 10.9. The quantitative estimate of drug-likeness (QED) is 0.419. The molecule has 1 aromatic carbocycles. The van der Waals surface area contributed by atoms with Gasteiger partial charge in [0.05, 0.1) is 11.8 Å². The van der Waals surface area contributed by atoms with E-state index >= 15 is 0 Å². The Hall–Kier alpha value is -3.15. The second-order valence-electron chi connectivity index (χ2n) is 4.51. The molecular weight excluding hydrogens is 284 g/mol. The average molecular weight is 296 g/mol. The first-order valence-corrected chi connectivity index (χ1v) is 6.58. The van der Waals surface area contributed by atoms with E-state index in [1.165, 1.54) is 24.5 Å². The second-order valence-corrected chi connectivity index (χ2v) is 4.51. The molecule has 2 heterocycles. The van der Waals surface area contributed by atoms with E-state index in [2.05, 4.69) is 4.98 Å². The third-order valence-electron chi connectivity index (χ3n) is 2.98. The van der Waals surface area contributed by atoms with Gasteiger partial charge in [-0.3, -0.25) is 0 Å². The molecule has 0 fully saturated rings. The number of rotatable bonds is 4. The minimum absolute atomic E-state index is 0.0715. The average Bonchev–Trinajstić information content (AvgIpc) is 3.03. The highest BCUT2D eigenvalue weighted by atomic mass is 16.5. The monoisotopic (exact) mass is 296 g/mol. The summed E-state index contributed by atoms with van der Waals surface area (Å²) in [6, 6.07) is 12.3. The molecule has 3 rings (SSSR count). The summed E-state index contributed by atoms with van der Waals surface area (Å²) in [5.41, 5.74) is 1.19. The molecule has 2 aromatic heterocycles. The molecule has 0 N–H and O–H groups in total. The Morgan fingerprint density at radius 1 is 1.18 bits per heavy atom. The number of esters is 1. The highest BCUT2D eigenvalue weighted by Gasteiger charge is 2.11. The molecule has 110 valence electrons. The minimum atomic E-state index is -0.542. The van der Waals surface area contributed by atoms with Crippen LogP contribution in [0.25, 0.3) is 11.3 Å². The van der Waals surface area contributed by atoms with E-state index in [9.17, 15) is 10.0 Å². The van der Waals surface area contributed by atoms with Gasteiger partial charge in [-0.2, -0.15) is 4.73 Å². The summed E-state index contributed by atoms with van der Waals surface area (Å²) in [7, 11) is 0. The van der Waals surface area contributed by atoms with E-state index in [0.29, 0.717) is 21.9 Å². The van der Waals surface area contributed by atoms with Crippen molar-refractivity contribution in [3.63, 3.8) is 0 Å². The van der Waals surface area contributed by atoms with Crippen molar-refractivity contribution < 1.29 is 18.7 Å². The lowest BCUT2D eigenvalue weighted by Crippen LogP contribution is -2.24. The molecule has 6 nitrogen and oxygen atoms in total. The number of carbonyl (C=O) groups excluding carboxylic acids is 1. The van der Waals surface area contributed by atoms with E-state index in [0.717, 1.165) is 5.56 Å². The molecule has 6 heteroatoms. The molecule has 0 bridgehead atoms. The zero-order chi connectivity index (χ0) is 15.4. The number of pyridine rings is 1. The standard InChI is InChI=1S/C16H12N2O4/c19-16(13-6-8-18(20)9-7-13)21-11-15-17-10-14(22-15)12-4-2-1-3-5-12/h1-10H,11H2. The van der Waals surface area contributed by atoms with Crippen molar-refractivity contribution in [2.45, 2.75) is 6.61 Å². The van der Waals surface area contributed by atoms with Crippen molar-refractivity contribution in [1.29, 1.82) is 0 Å². The summed E-state index contributed by atoms with van der Waals surface area (Å²) in [6.07, 6.45) is 4.05. The lowest BCUT2D eigenvalue weighted by atomic mass is 10.2. The van der Waals surface area contributed by atoms with Gasteiger partial charge in [-0.1, -0.05) is 30.3 Å². The number of ether oxygens (including phenoxy) is 1. The Bertz CT molecular complexity index is 766. The van der Waals surface area contributed by atoms with Gasteiger partial charge in [-0.25, -0.2) is 9.78 Å². The zero-order valence-electron chi connectivity index (χ0n) is 11.5. The van der Waals surface area contributed by atoms with Gasteiger partial charge < -0.3 is 14.4 Å². The fourth-order valence-corrected chi connectivity index (χ4v) is 1.87. The van der Waals surface area contributed by atoms with E-state index in [4.69, 9.17) is 9.15 Å². The maximum Gasteiger partial charge on any atom is 0.339 e. The van der Waals surface area contributed by atoms with E-state index in [1.807, 2.05) is 30.3 Å². The summed E-state index contributed by atoms with van der Waals surface area (Å²) in [6.45, 7) is -0.0715. The van der Waals surface area contributed by atoms with Crippen molar-refractivity contribution in [1.82, 2.24) is 4.98 Å². The van der Waals surface area contributed by atoms with E-state index in [-0.39, 0.29) is 6.61 Å². The molecule has 0 unspecified atom stereocenters. The first kappa shape index (κ1) is 13.8. The van der Waals surface area contributed by atoms with Crippen molar-refractivity contribution in [3.8, 4) is 11.3 Å². The van der Waals surface area contributed by atoms with Crippen LogP contribution in [0.15, 0.2) is 65.5 Å². The van der Waals surface area contributed by atoms with Crippen LogP contribution in [0.2, 0.25) is 0 Å². The molecule has 0 aliphatic heterocycles. The van der Waals surface area contributed by atoms with Crippen LogP contribution in [-0.2, 0) is 11.3 Å². The third-order valence-corrected chi connectivity index (χ3v) is 2.98. The van der Waals surface area contributed by atoms with Gasteiger partial charge in [-0.15, -0.1) is 0 Å². The highest BCUT2D eigenvalue weighted by Crippen LogP contribution is 2.20. The van der Waals surface area contributed by atoms with Crippen molar-refractivity contribution >= 4 is 5.97 Å². The van der Waals surface area contributed by atoms with Crippen LogP contribution in [0.1, 0.15) is 16.2 Å². The number of aromatic nitrogens is 2. The fraction of sp³-hybridized carbons (Fsp3) is 0.0625. The maximum atomic E-state index is 11.8. The smallest absolute Gasteiger partial charge is 0.339 e. The Kier molecular flexibility index (Phi) is 3.82. The lowest BCUT2D eigenvalue weighted by molar-refractivity contribution is -0.605. The predicted molar refractivity (Wildman–Crippen MR) is 76.5 cm³/mol. The number of oxazole rings is 1. The zero-order valence-corrected chi connectivity index (χ0v) is 11.5. The van der Waals surface area contributed by atoms with Crippen LogP contribution in [-0.4, -0.2) is 11.0 Å². The third kappa shape index (κ3) is 3.12. The second kappa shape index (κ2) is 6.09. The number of hydrogen-bond acceptors (Lipinski definition) is 5. The number of benzene rings is 1. The number of hydrogen-bond donors (Lipinski definition) is 0. The van der Waals surface area contributed by atoms with Crippen LogP contribution in [0.4, 0.5) is 0 Å². The van der Waals surface area contributed by atoms with Crippen LogP contribution >= 0.6 is 0 Å². The van der Waals surface area contributed by atoms with E-state index < -0.39 is 5.97 Å². The Labute approximate surface area is 126 Å². The molecule has 0 amide bonds. The normalized spacial score (nSPS) is 10.4. The SMILES string of the molecule is O=C(OCc1ncc(-c2ccccc2)o1)c1cc[n+]([O-])cc1.